The van der Waals surface area contributed by atoms with Gasteiger partial charge in [-0.05, 0) is 42.7 Å². The van der Waals surface area contributed by atoms with Gasteiger partial charge < -0.3 is 5.32 Å². The molecule has 0 bridgehead atoms. The van der Waals surface area contributed by atoms with E-state index < -0.39 is 10.0 Å². The summed E-state index contributed by atoms with van der Waals surface area (Å²) in [5.41, 5.74) is 2.45. The molecule has 1 aliphatic rings. The van der Waals surface area contributed by atoms with Crippen LogP contribution < -0.4 is 9.62 Å². The molecule has 5 nitrogen and oxygen atoms in total. The molecule has 0 saturated carbocycles. The number of nitrogens with one attached hydrogen (secondary N) is 1. The average Bonchev–Trinajstić information content (AvgIpc) is 2.68. The van der Waals surface area contributed by atoms with Gasteiger partial charge in [0.1, 0.15) is 0 Å². The van der Waals surface area contributed by atoms with Crippen LogP contribution in [0.15, 0.2) is 54.6 Å². The van der Waals surface area contributed by atoms with E-state index in [1.165, 1.54) is 9.87 Å². The number of thioether (sulfide) groups is 1. The van der Waals surface area contributed by atoms with E-state index in [2.05, 4.69) is 17.4 Å². The molecule has 2 aromatic rings. The Morgan fingerprint density at radius 3 is 2.48 bits per heavy atom. The van der Waals surface area contributed by atoms with E-state index >= 15 is 0 Å². The largest absolute Gasteiger partial charge is 0.351 e. The van der Waals surface area contributed by atoms with Crippen molar-refractivity contribution in [2.75, 3.05) is 28.9 Å². The van der Waals surface area contributed by atoms with E-state index in [1.54, 1.807) is 36.0 Å². The van der Waals surface area contributed by atoms with Crippen molar-refractivity contribution in [2.24, 2.45) is 0 Å². The number of hydrogen-bond acceptors (Lipinski definition) is 4. The number of carbonyl (C=O) groups is 1. The Morgan fingerprint density at radius 2 is 1.78 bits per heavy atom. The minimum Gasteiger partial charge on any atom is -0.351 e. The molecule has 0 unspecified atom stereocenters. The fourth-order valence-electron chi connectivity index (χ4n) is 2.96. The maximum absolute atomic E-state index is 12.2. The van der Waals surface area contributed by atoms with Crippen molar-refractivity contribution < 1.29 is 13.2 Å². The summed E-state index contributed by atoms with van der Waals surface area (Å²) in [6, 6.07) is 17.0. The van der Waals surface area contributed by atoms with Crippen LogP contribution in [0.25, 0.3) is 0 Å². The first-order valence-electron chi connectivity index (χ1n) is 9.07. The second-order valence-corrected chi connectivity index (χ2v) is 9.55. The van der Waals surface area contributed by atoms with Crippen molar-refractivity contribution in [3.05, 3.63) is 65.7 Å². The Bertz CT molecular complexity index is 853. The molecule has 0 spiro atoms. The molecule has 2 aromatic carbocycles. The third kappa shape index (κ3) is 5.49. The van der Waals surface area contributed by atoms with Gasteiger partial charge in [-0.1, -0.05) is 30.3 Å². The smallest absolute Gasteiger partial charge is 0.251 e. The lowest BCUT2D eigenvalue weighted by molar-refractivity contribution is 0.0956. The quantitative estimate of drug-likeness (QED) is 0.719. The van der Waals surface area contributed by atoms with Crippen molar-refractivity contribution >= 4 is 33.4 Å². The van der Waals surface area contributed by atoms with Crippen molar-refractivity contribution in [1.29, 1.82) is 0 Å². The van der Waals surface area contributed by atoms with Crippen LogP contribution in [0, 0.1) is 0 Å². The van der Waals surface area contributed by atoms with Crippen molar-refractivity contribution in [2.45, 2.75) is 18.6 Å². The molecule has 1 fully saturated rings. The number of anilines is 1. The normalized spacial score (nSPS) is 16.1. The maximum atomic E-state index is 12.2. The van der Waals surface area contributed by atoms with Crippen LogP contribution in [-0.2, 0) is 15.8 Å². The molecule has 1 amide bonds. The second kappa shape index (κ2) is 9.28. The van der Waals surface area contributed by atoms with Crippen LogP contribution in [0.4, 0.5) is 5.69 Å². The fourth-order valence-corrected chi connectivity index (χ4v) is 5.42. The van der Waals surface area contributed by atoms with Gasteiger partial charge in [-0.15, -0.1) is 0 Å². The molecule has 1 aliphatic heterocycles. The third-order valence-corrected chi connectivity index (χ3v) is 7.31. The number of benzene rings is 2. The van der Waals surface area contributed by atoms with Crippen molar-refractivity contribution in [3.8, 4) is 0 Å². The van der Waals surface area contributed by atoms with E-state index in [-0.39, 0.29) is 11.7 Å². The summed E-state index contributed by atoms with van der Waals surface area (Å²) in [5.74, 6) is 1.82. The number of hydrogen-bond donors (Lipinski definition) is 1. The first-order valence-corrected chi connectivity index (χ1v) is 11.8. The number of carbonyl (C=O) groups excluding carboxylic acids is 1. The van der Waals surface area contributed by atoms with Crippen LogP contribution in [0.2, 0.25) is 0 Å². The van der Waals surface area contributed by atoms with E-state index in [0.29, 0.717) is 30.8 Å². The third-order valence-electron chi connectivity index (χ3n) is 4.41. The summed E-state index contributed by atoms with van der Waals surface area (Å²) in [4.78, 5) is 12.2. The highest BCUT2D eigenvalue weighted by molar-refractivity contribution is 7.98. The highest BCUT2D eigenvalue weighted by atomic mass is 32.2. The number of amides is 1. The van der Waals surface area contributed by atoms with E-state index in [4.69, 9.17) is 0 Å². The molecule has 0 radical (unpaired) electrons. The van der Waals surface area contributed by atoms with E-state index in [1.807, 2.05) is 18.2 Å². The van der Waals surface area contributed by atoms with Gasteiger partial charge in [-0.3, -0.25) is 9.10 Å². The monoisotopic (exact) mass is 404 g/mol. The zero-order chi connectivity index (χ0) is 19.1. The SMILES string of the molecule is O=C(NCCSCc1ccccc1)c1ccc(N2CCCCS2(=O)=O)cc1. The molecule has 144 valence electrons. The summed E-state index contributed by atoms with van der Waals surface area (Å²) in [7, 11) is -3.22. The molecular formula is C20H24N2O3S2. The van der Waals surface area contributed by atoms with Crippen molar-refractivity contribution in [3.63, 3.8) is 0 Å². The molecule has 0 atom stereocenters. The Balaban J connectivity index is 1.46. The first kappa shape index (κ1) is 19.8. The molecule has 7 heteroatoms. The topological polar surface area (TPSA) is 66.5 Å². The fraction of sp³-hybridized carbons (Fsp3) is 0.350. The number of rotatable bonds is 7. The van der Waals surface area contributed by atoms with Crippen LogP contribution in [0.3, 0.4) is 0 Å². The predicted octanol–water partition coefficient (Wildman–Crippen LogP) is 3.28. The van der Waals surface area contributed by atoms with Crippen molar-refractivity contribution in [1.82, 2.24) is 5.32 Å². The zero-order valence-corrected chi connectivity index (χ0v) is 16.8. The highest BCUT2D eigenvalue weighted by Gasteiger charge is 2.25. The van der Waals surface area contributed by atoms with Crippen LogP contribution in [-0.4, -0.2) is 38.9 Å². The Morgan fingerprint density at radius 1 is 1.04 bits per heavy atom. The molecule has 1 saturated heterocycles. The Hall–Kier alpha value is -1.99. The van der Waals surface area contributed by atoms with Gasteiger partial charge >= 0.3 is 0 Å². The molecule has 0 aliphatic carbocycles. The number of nitrogens with zero attached hydrogens (tertiary/aromatic N) is 1. The molecule has 0 aromatic heterocycles. The van der Waals surface area contributed by atoms with Crippen LogP contribution in [0.5, 0.6) is 0 Å². The van der Waals surface area contributed by atoms with Gasteiger partial charge in [0.15, 0.2) is 0 Å². The lowest BCUT2D eigenvalue weighted by Gasteiger charge is -2.28. The van der Waals surface area contributed by atoms with Gasteiger partial charge in [-0.2, -0.15) is 11.8 Å². The predicted molar refractivity (Wildman–Crippen MR) is 112 cm³/mol. The van der Waals surface area contributed by atoms with Crippen LogP contribution >= 0.6 is 11.8 Å². The Labute approximate surface area is 165 Å². The minimum absolute atomic E-state index is 0.136. The molecule has 1 heterocycles. The second-order valence-electron chi connectivity index (χ2n) is 6.44. The maximum Gasteiger partial charge on any atom is 0.251 e. The van der Waals surface area contributed by atoms with E-state index in [9.17, 15) is 13.2 Å². The van der Waals surface area contributed by atoms with Gasteiger partial charge in [-0.25, -0.2) is 8.42 Å². The molecule has 1 N–H and O–H groups in total. The molecule has 27 heavy (non-hydrogen) atoms. The summed E-state index contributed by atoms with van der Waals surface area (Å²) in [6.07, 6.45) is 1.57. The summed E-state index contributed by atoms with van der Waals surface area (Å²) in [5, 5.41) is 2.91. The summed E-state index contributed by atoms with van der Waals surface area (Å²) >= 11 is 1.78. The lowest BCUT2D eigenvalue weighted by Crippen LogP contribution is -2.37. The van der Waals surface area contributed by atoms with Gasteiger partial charge in [0.2, 0.25) is 10.0 Å². The van der Waals surface area contributed by atoms with E-state index in [0.717, 1.165) is 17.9 Å². The standard InChI is InChI=1S/C20H24N2O3S2/c23-20(21-12-14-26-16-17-6-2-1-3-7-17)18-8-10-19(11-9-18)22-13-4-5-15-27(22,24)25/h1-3,6-11H,4-5,12-16H2,(H,21,23). The first-order chi connectivity index (χ1) is 13.1. The summed E-state index contributed by atoms with van der Waals surface area (Å²) < 4.78 is 25.7. The van der Waals surface area contributed by atoms with Gasteiger partial charge in [0.05, 0.1) is 11.4 Å². The van der Waals surface area contributed by atoms with Crippen LogP contribution in [0.1, 0.15) is 28.8 Å². The highest BCUT2D eigenvalue weighted by Crippen LogP contribution is 2.23. The minimum atomic E-state index is -3.22. The average molecular weight is 405 g/mol. The zero-order valence-electron chi connectivity index (χ0n) is 15.1. The summed E-state index contributed by atoms with van der Waals surface area (Å²) in [6.45, 7) is 1.10. The van der Waals surface area contributed by atoms with Gasteiger partial charge in [0, 0.05) is 30.2 Å². The van der Waals surface area contributed by atoms with Gasteiger partial charge in [0.25, 0.3) is 5.91 Å². The molecular weight excluding hydrogens is 380 g/mol. The lowest BCUT2D eigenvalue weighted by atomic mass is 10.2. The molecule has 3 rings (SSSR count). The Kier molecular flexibility index (Phi) is 6.79. The number of sulfonamides is 1.